The highest BCUT2D eigenvalue weighted by atomic mass is 16.4. The Morgan fingerprint density at radius 2 is 1.57 bits per heavy atom. The molecule has 4 aliphatic rings. The van der Waals surface area contributed by atoms with Gasteiger partial charge in [-0.25, -0.2) is 0 Å². The highest BCUT2D eigenvalue weighted by Gasteiger charge is 2.58. The average molecular weight is 486 g/mol. The lowest BCUT2D eigenvalue weighted by Crippen LogP contribution is -2.42. The molecule has 2 fully saturated rings. The van der Waals surface area contributed by atoms with Crippen LogP contribution in [0.5, 0.6) is 0 Å². The Hall–Kier alpha value is -2.03. The van der Waals surface area contributed by atoms with E-state index in [1.54, 1.807) is 19.1 Å². The number of allylic oxidation sites excluding steroid dienone is 7. The van der Waals surface area contributed by atoms with E-state index >= 15 is 0 Å². The number of nitrogens with zero attached hydrogens (tertiary/aromatic N) is 1. The normalized spacial score (nSPS) is 46.3. The molecule has 12 atom stereocenters. The molecular weight excluding hydrogens is 446 g/mol. The Kier molecular flexibility index (Phi) is 7.83. The van der Waals surface area contributed by atoms with E-state index in [2.05, 4.69) is 6.08 Å². The molecule has 35 heavy (non-hydrogen) atoms. The van der Waals surface area contributed by atoms with E-state index in [1.165, 1.54) is 6.08 Å². The summed E-state index contributed by atoms with van der Waals surface area (Å²) in [6.45, 7) is 5.76. The fourth-order valence-electron chi connectivity index (χ4n) is 6.34. The van der Waals surface area contributed by atoms with Crippen molar-refractivity contribution in [1.29, 1.82) is 0 Å². The van der Waals surface area contributed by atoms with Crippen LogP contribution in [0.4, 0.5) is 0 Å². The molecule has 5 N–H and O–H groups in total. The van der Waals surface area contributed by atoms with Crippen LogP contribution in [0.15, 0.2) is 60.3 Å². The van der Waals surface area contributed by atoms with Crippen molar-refractivity contribution in [2.75, 3.05) is 0 Å². The zero-order valence-corrected chi connectivity index (χ0v) is 20.6. The van der Waals surface area contributed by atoms with Crippen molar-refractivity contribution < 1.29 is 30.3 Å². The van der Waals surface area contributed by atoms with Gasteiger partial charge in [0.25, 0.3) is 0 Å². The maximum Gasteiger partial charge on any atom is 0.230 e. The highest BCUT2D eigenvalue weighted by Crippen LogP contribution is 2.50. The van der Waals surface area contributed by atoms with Gasteiger partial charge in [0.15, 0.2) is 0 Å². The van der Waals surface area contributed by atoms with Crippen molar-refractivity contribution in [3.05, 3.63) is 60.3 Å². The lowest BCUT2D eigenvalue weighted by atomic mass is 9.67. The van der Waals surface area contributed by atoms with Gasteiger partial charge in [-0.15, -0.1) is 0 Å². The molecule has 2 heterocycles. The smallest absolute Gasteiger partial charge is 0.230 e. The first-order valence-electron chi connectivity index (χ1n) is 12.7. The first-order valence-corrected chi connectivity index (χ1v) is 12.7. The van der Waals surface area contributed by atoms with Gasteiger partial charge in [-0.2, -0.15) is 0 Å². The number of fused-ring (bicyclic) bond motifs is 5. The average Bonchev–Trinajstić information content (AvgIpc) is 3.28. The first-order chi connectivity index (χ1) is 16.6. The zero-order chi connectivity index (χ0) is 25.4. The lowest BCUT2D eigenvalue weighted by Gasteiger charge is -2.36. The number of carbonyl (C=O) groups is 1. The van der Waals surface area contributed by atoms with Crippen molar-refractivity contribution in [3.63, 3.8) is 0 Å². The third kappa shape index (κ3) is 5.11. The van der Waals surface area contributed by atoms with Crippen LogP contribution < -0.4 is 0 Å². The molecule has 0 aromatic carbocycles. The van der Waals surface area contributed by atoms with Crippen LogP contribution in [-0.4, -0.2) is 78.9 Å². The Morgan fingerprint density at radius 1 is 0.857 bits per heavy atom. The number of rotatable bonds is 0. The van der Waals surface area contributed by atoms with Gasteiger partial charge in [0, 0.05) is 30.2 Å². The Labute approximate surface area is 207 Å². The fourth-order valence-corrected chi connectivity index (χ4v) is 6.34. The van der Waals surface area contributed by atoms with E-state index in [0.717, 1.165) is 5.57 Å². The summed E-state index contributed by atoms with van der Waals surface area (Å²) in [4.78, 5) is 15.1. The number of aliphatic hydroxyl groups excluding tert-OH is 5. The zero-order valence-electron chi connectivity index (χ0n) is 20.6. The molecule has 192 valence electrons. The molecule has 2 aliphatic carbocycles. The van der Waals surface area contributed by atoms with Crippen LogP contribution in [0.2, 0.25) is 0 Å². The molecule has 7 heteroatoms. The molecule has 2 aliphatic heterocycles. The molecule has 2 saturated heterocycles. The molecule has 4 rings (SSSR count). The second-order valence-electron chi connectivity index (χ2n) is 10.8. The van der Waals surface area contributed by atoms with E-state index < -0.39 is 36.4 Å². The molecule has 0 spiro atoms. The molecule has 0 saturated carbocycles. The van der Waals surface area contributed by atoms with Crippen molar-refractivity contribution in [3.8, 4) is 0 Å². The van der Waals surface area contributed by atoms with Crippen molar-refractivity contribution in [2.45, 2.75) is 76.2 Å². The summed E-state index contributed by atoms with van der Waals surface area (Å²) in [5.74, 6) is -0.829. The van der Waals surface area contributed by atoms with Gasteiger partial charge in [0.2, 0.25) is 5.91 Å². The van der Waals surface area contributed by atoms with Gasteiger partial charge in [-0.3, -0.25) is 4.79 Å². The van der Waals surface area contributed by atoms with Gasteiger partial charge >= 0.3 is 0 Å². The van der Waals surface area contributed by atoms with Crippen LogP contribution in [0, 0.1) is 29.6 Å². The second kappa shape index (κ2) is 10.5. The fraction of sp³-hybridized carbons (Fsp3) is 0.607. The third-order valence-electron chi connectivity index (χ3n) is 8.21. The van der Waals surface area contributed by atoms with Crippen LogP contribution >= 0.6 is 0 Å². The summed E-state index contributed by atoms with van der Waals surface area (Å²) in [6, 6.07) is -0.228. The van der Waals surface area contributed by atoms with Gasteiger partial charge in [0.05, 0.1) is 36.4 Å². The molecule has 0 aromatic heterocycles. The summed E-state index contributed by atoms with van der Waals surface area (Å²) in [5.41, 5.74) is 1.00. The van der Waals surface area contributed by atoms with Crippen LogP contribution in [0.25, 0.3) is 0 Å². The third-order valence-corrected chi connectivity index (χ3v) is 8.21. The van der Waals surface area contributed by atoms with E-state index in [4.69, 9.17) is 0 Å². The van der Waals surface area contributed by atoms with Crippen molar-refractivity contribution >= 4 is 5.91 Å². The number of amides is 1. The maximum absolute atomic E-state index is 13.3. The molecular formula is C28H39NO6. The predicted molar refractivity (Wildman–Crippen MR) is 133 cm³/mol. The standard InChI is InChI=1S/C28H39NO6/c1-15-6-4-5-7-19(30)14-23(32)27(34)26(33)16(2)8-9-18-10-11-20-24(21(18)12-15)25-22(31)13-17(3)29(25)28(20)35/h4-12,16-27,30-34H,13-14H2,1-3H3/t16-,17-,18+,19-,20-,21+,22+,23-,24+,25+,26+,27-/m0/s1. The maximum atomic E-state index is 13.3. The van der Waals surface area contributed by atoms with Gasteiger partial charge in [-0.05, 0) is 26.2 Å². The summed E-state index contributed by atoms with van der Waals surface area (Å²) in [7, 11) is 0. The Balaban J connectivity index is 1.73. The summed E-state index contributed by atoms with van der Waals surface area (Å²) in [6.07, 6.45) is 12.1. The van der Waals surface area contributed by atoms with E-state index in [9.17, 15) is 30.3 Å². The molecule has 0 radical (unpaired) electrons. The summed E-state index contributed by atoms with van der Waals surface area (Å²) < 4.78 is 0. The van der Waals surface area contributed by atoms with Crippen molar-refractivity contribution in [1.82, 2.24) is 4.90 Å². The Bertz CT molecular complexity index is 938. The number of hydrogen-bond acceptors (Lipinski definition) is 6. The minimum absolute atomic E-state index is 0.00584. The molecule has 1 amide bonds. The lowest BCUT2D eigenvalue weighted by molar-refractivity contribution is -0.131. The van der Waals surface area contributed by atoms with Gasteiger partial charge in [0.1, 0.15) is 6.10 Å². The number of hydrogen-bond donors (Lipinski definition) is 5. The first kappa shape index (κ1) is 26.0. The predicted octanol–water partition coefficient (Wildman–Crippen LogP) is 1.48. The Morgan fingerprint density at radius 3 is 2.31 bits per heavy atom. The number of aliphatic hydroxyl groups is 5. The molecule has 0 aromatic rings. The van der Waals surface area contributed by atoms with Crippen LogP contribution in [0.1, 0.15) is 33.6 Å². The van der Waals surface area contributed by atoms with Crippen LogP contribution in [0.3, 0.4) is 0 Å². The SMILES string of the molecule is CC1=C[C@@H]2[C@@H](C=C[C@@H]3C(=O)N4[C@@H]([C@@H]23)[C@H](O)C[C@@H]4C)C=C[C@H](C)[C@@H](O)[C@@H](O)[C@@H](O)C[C@@H](O)C=CC=C1. The summed E-state index contributed by atoms with van der Waals surface area (Å²) >= 11 is 0. The van der Waals surface area contributed by atoms with E-state index in [-0.39, 0.29) is 48.1 Å². The number of carbonyl (C=O) groups excluding carboxylic acids is 1. The minimum Gasteiger partial charge on any atom is -0.391 e. The molecule has 0 bridgehead atoms. The molecule has 0 unspecified atom stereocenters. The molecule has 7 nitrogen and oxygen atoms in total. The monoisotopic (exact) mass is 485 g/mol. The highest BCUT2D eigenvalue weighted by molar-refractivity contribution is 5.85. The van der Waals surface area contributed by atoms with Crippen LogP contribution in [-0.2, 0) is 4.79 Å². The summed E-state index contributed by atoms with van der Waals surface area (Å²) in [5, 5.41) is 52.4. The van der Waals surface area contributed by atoms with E-state index in [1.807, 2.05) is 49.1 Å². The largest absolute Gasteiger partial charge is 0.391 e. The minimum atomic E-state index is -1.40. The van der Waals surface area contributed by atoms with Gasteiger partial charge < -0.3 is 30.4 Å². The quantitative estimate of drug-likeness (QED) is 0.332. The van der Waals surface area contributed by atoms with Gasteiger partial charge in [-0.1, -0.05) is 67.2 Å². The van der Waals surface area contributed by atoms with E-state index in [0.29, 0.717) is 6.42 Å². The second-order valence-corrected chi connectivity index (χ2v) is 10.8. The topological polar surface area (TPSA) is 121 Å². The van der Waals surface area contributed by atoms with Crippen molar-refractivity contribution in [2.24, 2.45) is 29.6 Å².